The maximum absolute atomic E-state index is 10.1. The molecule has 1 aromatic rings. The number of aliphatic imine (C=N–C) groups is 1. The fourth-order valence-corrected chi connectivity index (χ4v) is 0.861. The largest absolute Gasteiger partial charge is 0.412 e. The van der Waals surface area contributed by atoms with Crippen molar-refractivity contribution in [2.24, 2.45) is 4.99 Å². The van der Waals surface area contributed by atoms with Crippen molar-refractivity contribution in [2.45, 2.75) is 27.2 Å². The molecule has 4 nitrogen and oxygen atoms in total. The molecule has 0 aliphatic carbocycles. The molecule has 4 heteroatoms. The Balaban J connectivity index is 0.000000281. The Hall–Kier alpha value is -1.71. The van der Waals surface area contributed by atoms with E-state index in [9.17, 15) is 4.79 Å². The van der Waals surface area contributed by atoms with Gasteiger partial charge in [0.2, 0.25) is 0 Å². The summed E-state index contributed by atoms with van der Waals surface area (Å²) in [5, 5.41) is 0. The Bertz CT molecular complexity index is 334. The molecule has 0 aromatic carbocycles. The number of hydrogen-bond donors (Lipinski definition) is 0. The lowest BCUT2D eigenvalue weighted by Crippen LogP contribution is -2.03. The van der Waals surface area contributed by atoms with Gasteiger partial charge in [-0.2, -0.15) is 0 Å². The molecule has 0 N–H and O–H groups in total. The summed E-state index contributed by atoms with van der Waals surface area (Å²) < 4.78 is 4.51. The van der Waals surface area contributed by atoms with Crippen LogP contribution >= 0.6 is 0 Å². The zero-order valence-corrected chi connectivity index (χ0v) is 10.2. The third kappa shape index (κ3) is 7.67. The number of aryl methyl sites for hydroxylation is 1. The number of ether oxygens (including phenoxy) is 1. The maximum atomic E-state index is 10.1. The van der Waals surface area contributed by atoms with Crippen molar-refractivity contribution < 1.29 is 9.53 Å². The average molecular weight is 222 g/mol. The molecule has 0 saturated carbocycles. The molecule has 0 radical (unpaired) electrons. The first-order valence-corrected chi connectivity index (χ1v) is 5.10. The predicted molar refractivity (Wildman–Crippen MR) is 64.4 cm³/mol. The van der Waals surface area contributed by atoms with E-state index in [2.05, 4.69) is 27.7 Å². The second-order valence-corrected chi connectivity index (χ2v) is 3.05. The zero-order chi connectivity index (χ0) is 12.4. The summed E-state index contributed by atoms with van der Waals surface area (Å²) in [5.74, 6) is 0.0746. The average Bonchev–Trinajstić information content (AvgIpc) is 2.30. The van der Waals surface area contributed by atoms with Crippen molar-refractivity contribution in [3.63, 3.8) is 0 Å². The van der Waals surface area contributed by atoms with Crippen LogP contribution in [0.15, 0.2) is 29.5 Å². The van der Waals surface area contributed by atoms with Crippen LogP contribution in [-0.4, -0.2) is 23.9 Å². The van der Waals surface area contributed by atoms with E-state index in [0.717, 1.165) is 6.42 Å². The SMILES string of the molecule is CCc1cccnc1.CN=C(C)OC(C)=O. The normalized spacial score (nSPS) is 10.1. The summed E-state index contributed by atoms with van der Waals surface area (Å²) in [6, 6.07) is 4.03. The van der Waals surface area contributed by atoms with Crippen LogP contribution in [0.1, 0.15) is 26.3 Å². The lowest BCUT2D eigenvalue weighted by atomic mass is 10.2. The maximum Gasteiger partial charge on any atom is 0.309 e. The molecule has 0 spiro atoms. The highest BCUT2D eigenvalue weighted by Gasteiger charge is 1.91. The van der Waals surface area contributed by atoms with Crippen molar-refractivity contribution >= 4 is 11.9 Å². The van der Waals surface area contributed by atoms with Crippen LogP contribution < -0.4 is 0 Å². The predicted octanol–water partition coefficient (Wildman–Crippen LogP) is 2.24. The molecule has 1 aromatic heterocycles. The fraction of sp³-hybridized carbons (Fsp3) is 0.417. The summed E-state index contributed by atoms with van der Waals surface area (Å²) in [6.45, 7) is 5.09. The van der Waals surface area contributed by atoms with Crippen LogP contribution in [0, 0.1) is 0 Å². The van der Waals surface area contributed by atoms with E-state index in [0.29, 0.717) is 5.90 Å². The lowest BCUT2D eigenvalue weighted by Gasteiger charge is -1.94. The fourth-order valence-electron chi connectivity index (χ4n) is 0.861. The first kappa shape index (κ1) is 14.3. The number of carbonyl (C=O) groups is 1. The third-order valence-corrected chi connectivity index (χ3v) is 1.74. The second-order valence-electron chi connectivity index (χ2n) is 3.05. The van der Waals surface area contributed by atoms with E-state index in [1.165, 1.54) is 12.5 Å². The van der Waals surface area contributed by atoms with Gasteiger partial charge in [-0.25, -0.2) is 0 Å². The van der Waals surface area contributed by atoms with Crippen LogP contribution in [0.3, 0.4) is 0 Å². The molecule has 88 valence electrons. The number of aromatic nitrogens is 1. The molecule has 0 unspecified atom stereocenters. The molecular formula is C12H18N2O2. The van der Waals surface area contributed by atoms with Crippen molar-refractivity contribution in [3.8, 4) is 0 Å². The minimum absolute atomic E-state index is 0.326. The summed E-state index contributed by atoms with van der Waals surface area (Å²) in [5.41, 5.74) is 1.30. The van der Waals surface area contributed by atoms with Gasteiger partial charge in [0.05, 0.1) is 0 Å². The van der Waals surface area contributed by atoms with E-state index in [-0.39, 0.29) is 5.97 Å². The van der Waals surface area contributed by atoms with Crippen molar-refractivity contribution in [1.82, 2.24) is 4.98 Å². The van der Waals surface area contributed by atoms with Crippen LogP contribution in [0.5, 0.6) is 0 Å². The highest BCUT2D eigenvalue weighted by atomic mass is 16.5. The number of nitrogens with zero attached hydrogens (tertiary/aromatic N) is 2. The van der Waals surface area contributed by atoms with E-state index >= 15 is 0 Å². The first-order valence-electron chi connectivity index (χ1n) is 5.10. The quantitative estimate of drug-likeness (QED) is 0.416. The highest BCUT2D eigenvalue weighted by molar-refractivity contribution is 5.85. The van der Waals surface area contributed by atoms with Gasteiger partial charge < -0.3 is 4.74 Å². The topological polar surface area (TPSA) is 51.6 Å². The summed E-state index contributed by atoms with van der Waals surface area (Å²) >= 11 is 0. The van der Waals surface area contributed by atoms with E-state index < -0.39 is 0 Å². The molecule has 0 fully saturated rings. The van der Waals surface area contributed by atoms with Gasteiger partial charge >= 0.3 is 5.97 Å². The van der Waals surface area contributed by atoms with Crippen molar-refractivity contribution in [2.75, 3.05) is 7.05 Å². The Kier molecular flexibility index (Phi) is 7.67. The minimum Gasteiger partial charge on any atom is -0.412 e. The van der Waals surface area contributed by atoms with Crippen LogP contribution in [0.4, 0.5) is 0 Å². The molecule has 0 atom stereocenters. The minimum atomic E-state index is -0.326. The van der Waals surface area contributed by atoms with Crippen LogP contribution in [-0.2, 0) is 16.0 Å². The Morgan fingerprint density at radius 1 is 1.50 bits per heavy atom. The molecule has 0 amide bonds. The molecule has 1 rings (SSSR count). The number of carbonyl (C=O) groups excluding carboxylic acids is 1. The Labute approximate surface area is 96.4 Å². The van der Waals surface area contributed by atoms with Gasteiger partial charge in [-0.15, -0.1) is 0 Å². The number of esters is 1. The van der Waals surface area contributed by atoms with E-state index in [1.807, 2.05) is 12.3 Å². The van der Waals surface area contributed by atoms with E-state index in [1.54, 1.807) is 20.2 Å². The Morgan fingerprint density at radius 3 is 2.44 bits per heavy atom. The van der Waals surface area contributed by atoms with Gasteiger partial charge in [-0.3, -0.25) is 14.8 Å². The summed E-state index contributed by atoms with van der Waals surface area (Å²) in [4.78, 5) is 17.7. The third-order valence-electron chi connectivity index (χ3n) is 1.74. The second kappa shape index (κ2) is 8.59. The van der Waals surface area contributed by atoms with Gasteiger partial charge in [0, 0.05) is 33.3 Å². The summed E-state index contributed by atoms with van der Waals surface area (Å²) in [7, 11) is 1.57. The van der Waals surface area contributed by atoms with Gasteiger partial charge in [-0.05, 0) is 18.1 Å². The monoisotopic (exact) mass is 222 g/mol. The number of rotatable bonds is 1. The molecule has 16 heavy (non-hydrogen) atoms. The van der Waals surface area contributed by atoms with Crippen molar-refractivity contribution in [3.05, 3.63) is 30.1 Å². The van der Waals surface area contributed by atoms with Gasteiger partial charge in [-0.1, -0.05) is 13.0 Å². The number of hydrogen-bond acceptors (Lipinski definition) is 4. The van der Waals surface area contributed by atoms with Crippen LogP contribution in [0.2, 0.25) is 0 Å². The van der Waals surface area contributed by atoms with Gasteiger partial charge in [0.15, 0.2) is 5.90 Å². The molecule has 0 aliphatic heterocycles. The molecule has 0 saturated heterocycles. The van der Waals surface area contributed by atoms with Gasteiger partial charge in [0.1, 0.15) is 0 Å². The standard InChI is InChI=1S/C7H9N.C5H9NO2/c1-2-7-4-3-5-8-6-7;1-4(6-3)8-5(2)7/h3-6H,2H2,1H3;1-3H3. The molecular weight excluding hydrogens is 204 g/mol. The number of pyridine rings is 1. The van der Waals surface area contributed by atoms with Gasteiger partial charge in [0.25, 0.3) is 0 Å². The molecule has 1 heterocycles. The highest BCUT2D eigenvalue weighted by Crippen LogP contribution is 1.93. The van der Waals surface area contributed by atoms with Crippen LogP contribution in [0.25, 0.3) is 0 Å². The molecule has 0 aliphatic rings. The van der Waals surface area contributed by atoms with Crippen molar-refractivity contribution in [1.29, 1.82) is 0 Å². The van der Waals surface area contributed by atoms with E-state index in [4.69, 9.17) is 0 Å². The smallest absolute Gasteiger partial charge is 0.309 e. The Morgan fingerprint density at radius 2 is 2.19 bits per heavy atom. The first-order chi connectivity index (χ1) is 7.60. The summed E-state index contributed by atoms with van der Waals surface area (Å²) in [6.07, 6.45) is 4.76. The zero-order valence-electron chi connectivity index (χ0n) is 10.2. The lowest BCUT2D eigenvalue weighted by molar-refractivity contribution is -0.133. The molecule has 0 bridgehead atoms.